The van der Waals surface area contributed by atoms with Gasteiger partial charge in [0.1, 0.15) is 0 Å². The number of guanidine groups is 1. The first-order chi connectivity index (χ1) is 9.10. The molecular formula is C14H26IN5. The van der Waals surface area contributed by atoms with Crippen LogP contribution in [0.5, 0.6) is 0 Å². The van der Waals surface area contributed by atoms with Gasteiger partial charge >= 0.3 is 0 Å². The normalized spacial score (nSPS) is 17.1. The van der Waals surface area contributed by atoms with Gasteiger partial charge in [0.2, 0.25) is 0 Å². The molecule has 2 rings (SSSR count). The zero-order valence-corrected chi connectivity index (χ0v) is 15.0. The van der Waals surface area contributed by atoms with Gasteiger partial charge in [0.15, 0.2) is 5.96 Å². The summed E-state index contributed by atoms with van der Waals surface area (Å²) in [6.45, 7) is 7.11. The van der Waals surface area contributed by atoms with Gasteiger partial charge in [0.05, 0.1) is 12.2 Å². The SMILES string of the molecule is CCc1nn(C)cc1CN=C(N)N1CCC(C)CC1.I. The van der Waals surface area contributed by atoms with E-state index in [1.807, 2.05) is 17.9 Å². The Morgan fingerprint density at radius 2 is 2.10 bits per heavy atom. The highest BCUT2D eigenvalue weighted by Crippen LogP contribution is 2.16. The van der Waals surface area contributed by atoms with Gasteiger partial charge in [-0.05, 0) is 25.2 Å². The van der Waals surface area contributed by atoms with Crippen molar-refractivity contribution in [2.75, 3.05) is 13.1 Å². The molecule has 0 amide bonds. The predicted molar refractivity (Wildman–Crippen MR) is 93.3 cm³/mol. The van der Waals surface area contributed by atoms with Crippen molar-refractivity contribution in [1.29, 1.82) is 0 Å². The molecule has 1 fully saturated rings. The summed E-state index contributed by atoms with van der Waals surface area (Å²) in [6.07, 6.45) is 5.40. The van der Waals surface area contributed by atoms with Gasteiger partial charge in [-0.25, -0.2) is 4.99 Å². The molecule has 0 aliphatic carbocycles. The lowest BCUT2D eigenvalue weighted by Crippen LogP contribution is -2.42. The number of nitrogens with two attached hydrogens (primary N) is 1. The molecule has 0 bridgehead atoms. The number of halogens is 1. The van der Waals surface area contributed by atoms with Crippen molar-refractivity contribution >= 4 is 29.9 Å². The van der Waals surface area contributed by atoms with E-state index >= 15 is 0 Å². The van der Waals surface area contributed by atoms with E-state index in [-0.39, 0.29) is 24.0 Å². The lowest BCUT2D eigenvalue weighted by molar-refractivity contribution is 0.277. The first kappa shape index (κ1) is 17.3. The van der Waals surface area contributed by atoms with E-state index in [0.717, 1.165) is 31.1 Å². The maximum Gasteiger partial charge on any atom is 0.191 e. The molecule has 114 valence electrons. The number of rotatable bonds is 3. The summed E-state index contributed by atoms with van der Waals surface area (Å²) in [4.78, 5) is 6.73. The quantitative estimate of drug-likeness (QED) is 0.488. The maximum atomic E-state index is 6.09. The molecule has 0 radical (unpaired) electrons. The van der Waals surface area contributed by atoms with E-state index in [2.05, 4.69) is 28.8 Å². The number of hydrogen-bond donors (Lipinski definition) is 1. The fraction of sp³-hybridized carbons (Fsp3) is 0.714. The average molecular weight is 391 g/mol. The van der Waals surface area contributed by atoms with Gasteiger partial charge in [0.25, 0.3) is 0 Å². The second-order valence-electron chi connectivity index (χ2n) is 5.47. The fourth-order valence-corrected chi connectivity index (χ4v) is 2.52. The first-order valence-electron chi connectivity index (χ1n) is 7.16. The highest BCUT2D eigenvalue weighted by molar-refractivity contribution is 14.0. The third-order valence-electron chi connectivity index (χ3n) is 3.85. The standard InChI is InChI=1S/C14H25N5.HI/c1-4-13-12(10-18(3)17-13)9-16-14(15)19-7-5-11(2)6-8-19;/h10-11H,4-9H2,1-3H3,(H2,15,16);1H. The van der Waals surface area contributed by atoms with Crippen LogP contribution in [0.1, 0.15) is 37.9 Å². The van der Waals surface area contributed by atoms with Crippen LogP contribution in [0.25, 0.3) is 0 Å². The Bertz CT molecular complexity index is 446. The van der Waals surface area contributed by atoms with E-state index in [9.17, 15) is 0 Å². The minimum absolute atomic E-state index is 0. The summed E-state index contributed by atoms with van der Waals surface area (Å²) in [5.41, 5.74) is 8.38. The topological polar surface area (TPSA) is 59.4 Å². The second kappa shape index (κ2) is 7.85. The summed E-state index contributed by atoms with van der Waals surface area (Å²) >= 11 is 0. The molecule has 1 aromatic heterocycles. The van der Waals surface area contributed by atoms with E-state index in [1.165, 1.54) is 18.4 Å². The van der Waals surface area contributed by atoms with Crippen LogP contribution in [-0.4, -0.2) is 33.7 Å². The summed E-state index contributed by atoms with van der Waals surface area (Å²) in [5.74, 6) is 1.49. The van der Waals surface area contributed by atoms with Gasteiger partial charge in [0, 0.05) is 31.9 Å². The van der Waals surface area contributed by atoms with Gasteiger partial charge in [-0.15, -0.1) is 24.0 Å². The molecular weight excluding hydrogens is 365 g/mol. The zero-order chi connectivity index (χ0) is 13.8. The molecule has 1 aliphatic rings. The van der Waals surface area contributed by atoms with Crippen LogP contribution in [0.3, 0.4) is 0 Å². The van der Waals surface area contributed by atoms with Crippen LogP contribution >= 0.6 is 24.0 Å². The number of nitrogens with zero attached hydrogens (tertiary/aromatic N) is 4. The Kier molecular flexibility index (Phi) is 6.78. The molecule has 1 aromatic rings. The Balaban J connectivity index is 0.00000200. The molecule has 0 spiro atoms. The fourth-order valence-electron chi connectivity index (χ4n) is 2.52. The average Bonchev–Trinajstić information content (AvgIpc) is 2.77. The summed E-state index contributed by atoms with van der Waals surface area (Å²) in [7, 11) is 1.95. The highest BCUT2D eigenvalue weighted by atomic mass is 127. The molecule has 2 heterocycles. The monoisotopic (exact) mass is 391 g/mol. The highest BCUT2D eigenvalue weighted by Gasteiger charge is 2.17. The predicted octanol–water partition coefficient (Wildman–Crippen LogP) is 2.15. The van der Waals surface area contributed by atoms with Crippen molar-refractivity contribution in [2.45, 2.75) is 39.7 Å². The number of aliphatic imine (C=N–C) groups is 1. The van der Waals surface area contributed by atoms with Crippen molar-refractivity contribution in [3.05, 3.63) is 17.5 Å². The molecule has 0 saturated carbocycles. The number of hydrogen-bond acceptors (Lipinski definition) is 2. The van der Waals surface area contributed by atoms with E-state index in [4.69, 9.17) is 5.73 Å². The number of aryl methyl sites for hydroxylation is 2. The lowest BCUT2D eigenvalue weighted by atomic mass is 10.00. The molecule has 6 heteroatoms. The van der Waals surface area contributed by atoms with Crippen LogP contribution in [0, 0.1) is 5.92 Å². The Morgan fingerprint density at radius 1 is 1.45 bits per heavy atom. The van der Waals surface area contributed by atoms with E-state index < -0.39 is 0 Å². The number of piperidine rings is 1. The third-order valence-corrected chi connectivity index (χ3v) is 3.85. The van der Waals surface area contributed by atoms with E-state index in [1.54, 1.807) is 0 Å². The molecule has 0 aromatic carbocycles. The van der Waals surface area contributed by atoms with Crippen LogP contribution < -0.4 is 5.73 Å². The van der Waals surface area contributed by atoms with Crippen molar-refractivity contribution in [1.82, 2.24) is 14.7 Å². The van der Waals surface area contributed by atoms with E-state index in [0.29, 0.717) is 12.5 Å². The van der Waals surface area contributed by atoms with Gasteiger partial charge in [-0.1, -0.05) is 13.8 Å². The minimum Gasteiger partial charge on any atom is -0.370 e. The molecule has 20 heavy (non-hydrogen) atoms. The van der Waals surface area contributed by atoms with Gasteiger partial charge in [-0.2, -0.15) is 5.10 Å². The van der Waals surface area contributed by atoms with Crippen molar-refractivity contribution < 1.29 is 0 Å². The number of likely N-dealkylation sites (tertiary alicyclic amines) is 1. The minimum atomic E-state index is 0. The summed E-state index contributed by atoms with van der Waals surface area (Å²) in [5, 5.41) is 4.42. The Hall–Kier alpha value is -0.790. The molecule has 0 atom stereocenters. The molecule has 1 saturated heterocycles. The molecule has 2 N–H and O–H groups in total. The summed E-state index contributed by atoms with van der Waals surface area (Å²) < 4.78 is 1.85. The Morgan fingerprint density at radius 3 is 2.70 bits per heavy atom. The number of aromatic nitrogens is 2. The van der Waals surface area contributed by atoms with Crippen molar-refractivity contribution in [3.63, 3.8) is 0 Å². The largest absolute Gasteiger partial charge is 0.370 e. The van der Waals surface area contributed by atoms with Crippen LogP contribution in [0.15, 0.2) is 11.2 Å². The zero-order valence-electron chi connectivity index (χ0n) is 12.7. The van der Waals surface area contributed by atoms with Crippen molar-refractivity contribution in [3.8, 4) is 0 Å². The second-order valence-corrected chi connectivity index (χ2v) is 5.47. The molecule has 1 aliphatic heterocycles. The molecule has 5 nitrogen and oxygen atoms in total. The first-order valence-corrected chi connectivity index (χ1v) is 7.16. The molecule has 0 unspecified atom stereocenters. The lowest BCUT2D eigenvalue weighted by Gasteiger charge is -2.31. The van der Waals surface area contributed by atoms with Crippen LogP contribution in [0.2, 0.25) is 0 Å². The Labute approximate surface area is 138 Å². The smallest absolute Gasteiger partial charge is 0.191 e. The van der Waals surface area contributed by atoms with Crippen LogP contribution in [0.4, 0.5) is 0 Å². The maximum absolute atomic E-state index is 6.09. The van der Waals surface area contributed by atoms with Crippen LogP contribution in [-0.2, 0) is 20.0 Å². The van der Waals surface area contributed by atoms with Gasteiger partial charge in [-0.3, -0.25) is 4.68 Å². The third kappa shape index (κ3) is 4.36. The van der Waals surface area contributed by atoms with Gasteiger partial charge < -0.3 is 10.6 Å². The van der Waals surface area contributed by atoms with Crippen molar-refractivity contribution in [2.24, 2.45) is 23.7 Å². The summed E-state index contributed by atoms with van der Waals surface area (Å²) in [6, 6.07) is 0.